The molecule has 0 amide bonds. The zero-order valence-corrected chi connectivity index (χ0v) is 8.78. The van der Waals surface area contributed by atoms with Gasteiger partial charge in [-0.3, -0.25) is 9.69 Å². The van der Waals surface area contributed by atoms with Crippen LogP contribution < -0.4 is 0 Å². The van der Waals surface area contributed by atoms with Gasteiger partial charge in [0, 0.05) is 12.1 Å². The van der Waals surface area contributed by atoms with Crippen molar-refractivity contribution in [1.29, 1.82) is 0 Å². The highest BCUT2D eigenvalue weighted by Crippen LogP contribution is 2.39. The number of hydrogen-bond acceptors (Lipinski definition) is 2. The number of carboxylic acid groups (broad SMARTS) is 1. The van der Waals surface area contributed by atoms with Gasteiger partial charge >= 0.3 is 5.97 Å². The Kier molecular flexibility index (Phi) is 2.77. The van der Waals surface area contributed by atoms with E-state index in [9.17, 15) is 4.79 Å². The minimum absolute atomic E-state index is 0.238. The van der Waals surface area contributed by atoms with Crippen molar-refractivity contribution in [2.24, 2.45) is 5.92 Å². The van der Waals surface area contributed by atoms with E-state index in [4.69, 9.17) is 5.11 Å². The summed E-state index contributed by atoms with van der Waals surface area (Å²) in [5.41, 5.74) is 0. The Bertz CT molecular complexity index is 229. The van der Waals surface area contributed by atoms with Crippen LogP contribution in [-0.4, -0.2) is 34.6 Å². The van der Waals surface area contributed by atoms with Crippen LogP contribution in [0.1, 0.15) is 39.0 Å². The van der Waals surface area contributed by atoms with Gasteiger partial charge in [0.1, 0.15) is 0 Å². The van der Waals surface area contributed by atoms with Gasteiger partial charge in [-0.2, -0.15) is 0 Å². The molecule has 80 valence electrons. The number of rotatable bonds is 2. The lowest BCUT2D eigenvalue weighted by atomic mass is 9.85. The van der Waals surface area contributed by atoms with Crippen LogP contribution in [0.5, 0.6) is 0 Å². The zero-order valence-electron chi connectivity index (χ0n) is 8.78. The summed E-state index contributed by atoms with van der Waals surface area (Å²) < 4.78 is 0. The molecular formula is C11H19NO2. The van der Waals surface area contributed by atoms with Gasteiger partial charge < -0.3 is 5.11 Å². The van der Waals surface area contributed by atoms with Crippen LogP contribution in [-0.2, 0) is 4.79 Å². The third kappa shape index (κ3) is 1.78. The number of carboxylic acids is 1. The van der Waals surface area contributed by atoms with Crippen LogP contribution in [0, 0.1) is 5.92 Å². The van der Waals surface area contributed by atoms with Crippen molar-refractivity contribution >= 4 is 5.97 Å². The molecule has 3 heteroatoms. The molecule has 1 heterocycles. The maximum absolute atomic E-state index is 10.7. The van der Waals surface area contributed by atoms with Crippen molar-refractivity contribution in [3.05, 3.63) is 0 Å². The SMILES string of the molecule is CC1CC2CCCCC2N1CC(=O)O. The van der Waals surface area contributed by atoms with E-state index >= 15 is 0 Å². The Balaban J connectivity index is 2.03. The lowest BCUT2D eigenvalue weighted by molar-refractivity contribution is -0.139. The van der Waals surface area contributed by atoms with Crippen molar-refractivity contribution < 1.29 is 9.90 Å². The van der Waals surface area contributed by atoms with Gasteiger partial charge in [0.15, 0.2) is 0 Å². The molecule has 2 rings (SSSR count). The highest BCUT2D eigenvalue weighted by Gasteiger charge is 2.40. The quantitative estimate of drug-likeness (QED) is 0.732. The number of likely N-dealkylation sites (tertiary alicyclic amines) is 1. The molecule has 0 aromatic heterocycles. The molecule has 3 unspecified atom stereocenters. The number of hydrogen-bond donors (Lipinski definition) is 1. The topological polar surface area (TPSA) is 40.5 Å². The van der Waals surface area contributed by atoms with Crippen molar-refractivity contribution in [2.45, 2.75) is 51.1 Å². The Morgan fingerprint density at radius 2 is 2.14 bits per heavy atom. The highest BCUT2D eigenvalue weighted by molar-refractivity contribution is 5.69. The highest BCUT2D eigenvalue weighted by atomic mass is 16.4. The molecule has 1 saturated heterocycles. The lowest BCUT2D eigenvalue weighted by Crippen LogP contribution is -2.41. The number of fused-ring (bicyclic) bond motifs is 1. The minimum Gasteiger partial charge on any atom is -0.480 e. The first kappa shape index (κ1) is 9.97. The summed E-state index contributed by atoms with van der Waals surface area (Å²) in [5.74, 6) is 0.0983. The van der Waals surface area contributed by atoms with E-state index in [2.05, 4.69) is 11.8 Å². The van der Waals surface area contributed by atoms with Gasteiger partial charge in [-0.25, -0.2) is 0 Å². The largest absolute Gasteiger partial charge is 0.480 e. The number of carbonyl (C=O) groups is 1. The van der Waals surface area contributed by atoms with Gasteiger partial charge in [-0.05, 0) is 32.1 Å². The van der Waals surface area contributed by atoms with Crippen molar-refractivity contribution in [3.63, 3.8) is 0 Å². The van der Waals surface area contributed by atoms with E-state index in [1.807, 2.05) is 0 Å². The predicted octanol–water partition coefficient (Wildman–Crippen LogP) is 1.72. The summed E-state index contributed by atoms with van der Waals surface area (Å²) in [6.45, 7) is 2.41. The average molecular weight is 197 g/mol. The van der Waals surface area contributed by atoms with Crippen LogP contribution >= 0.6 is 0 Å². The van der Waals surface area contributed by atoms with E-state index in [1.165, 1.54) is 32.1 Å². The monoisotopic (exact) mass is 197 g/mol. The maximum Gasteiger partial charge on any atom is 0.317 e. The average Bonchev–Trinajstić information content (AvgIpc) is 2.43. The molecule has 1 saturated carbocycles. The molecule has 2 fully saturated rings. The molecular weight excluding hydrogens is 178 g/mol. The summed E-state index contributed by atoms with van der Waals surface area (Å²) in [6.07, 6.45) is 6.35. The first-order valence-electron chi connectivity index (χ1n) is 5.66. The summed E-state index contributed by atoms with van der Waals surface area (Å²) in [7, 11) is 0. The molecule has 3 nitrogen and oxygen atoms in total. The first-order chi connectivity index (χ1) is 6.68. The van der Waals surface area contributed by atoms with Gasteiger partial charge in [0.05, 0.1) is 6.54 Å². The van der Waals surface area contributed by atoms with Crippen molar-refractivity contribution in [2.75, 3.05) is 6.54 Å². The summed E-state index contributed by atoms with van der Waals surface area (Å²) in [5, 5.41) is 8.84. The smallest absolute Gasteiger partial charge is 0.317 e. The van der Waals surface area contributed by atoms with E-state index in [0.717, 1.165) is 5.92 Å². The second-order valence-electron chi connectivity index (χ2n) is 4.76. The number of aliphatic carboxylic acids is 1. The van der Waals surface area contributed by atoms with Crippen molar-refractivity contribution in [3.8, 4) is 0 Å². The molecule has 3 atom stereocenters. The molecule has 14 heavy (non-hydrogen) atoms. The Hall–Kier alpha value is -0.570. The maximum atomic E-state index is 10.7. The van der Waals surface area contributed by atoms with Gasteiger partial charge in [-0.15, -0.1) is 0 Å². The Morgan fingerprint density at radius 3 is 2.86 bits per heavy atom. The molecule has 0 aromatic carbocycles. The third-order valence-corrected chi connectivity index (χ3v) is 3.82. The fourth-order valence-corrected chi connectivity index (χ4v) is 3.23. The van der Waals surface area contributed by atoms with E-state index in [1.54, 1.807) is 0 Å². The molecule has 1 aliphatic carbocycles. The summed E-state index contributed by atoms with van der Waals surface area (Å²) in [6, 6.07) is 1.04. The summed E-state index contributed by atoms with van der Waals surface area (Å²) >= 11 is 0. The fourth-order valence-electron chi connectivity index (χ4n) is 3.23. The molecule has 2 aliphatic rings. The van der Waals surface area contributed by atoms with Crippen LogP contribution in [0.4, 0.5) is 0 Å². The molecule has 0 aromatic rings. The fraction of sp³-hybridized carbons (Fsp3) is 0.909. The second-order valence-corrected chi connectivity index (χ2v) is 4.76. The molecule has 0 radical (unpaired) electrons. The predicted molar refractivity (Wildman–Crippen MR) is 54.2 cm³/mol. The van der Waals surface area contributed by atoms with Crippen LogP contribution in [0.2, 0.25) is 0 Å². The zero-order chi connectivity index (χ0) is 10.1. The van der Waals surface area contributed by atoms with E-state index in [-0.39, 0.29) is 6.54 Å². The van der Waals surface area contributed by atoms with Gasteiger partial charge in [0.2, 0.25) is 0 Å². The lowest BCUT2D eigenvalue weighted by Gasteiger charge is -2.31. The summed E-state index contributed by atoms with van der Waals surface area (Å²) in [4.78, 5) is 12.9. The van der Waals surface area contributed by atoms with Gasteiger partial charge in [-0.1, -0.05) is 12.8 Å². The molecule has 1 aliphatic heterocycles. The molecule has 0 bridgehead atoms. The van der Waals surface area contributed by atoms with Crippen LogP contribution in [0.15, 0.2) is 0 Å². The molecule has 0 spiro atoms. The number of nitrogens with zero attached hydrogens (tertiary/aromatic N) is 1. The van der Waals surface area contributed by atoms with Gasteiger partial charge in [0.25, 0.3) is 0 Å². The van der Waals surface area contributed by atoms with Crippen LogP contribution in [0.25, 0.3) is 0 Å². The van der Waals surface area contributed by atoms with E-state index in [0.29, 0.717) is 12.1 Å². The third-order valence-electron chi connectivity index (χ3n) is 3.82. The Morgan fingerprint density at radius 1 is 1.43 bits per heavy atom. The molecule has 1 N–H and O–H groups in total. The second kappa shape index (κ2) is 3.89. The van der Waals surface area contributed by atoms with Crippen molar-refractivity contribution in [1.82, 2.24) is 4.90 Å². The standard InChI is InChI=1S/C11H19NO2/c1-8-6-9-4-2-3-5-10(9)12(8)7-11(13)14/h8-10H,2-7H2,1H3,(H,13,14). The van der Waals surface area contributed by atoms with Crippen LogP contribution in [0.3, 0.4) is 0 Å². The van der Waals surface area contributed by atoms with E-state index < -0.39 is 5.97 Å². The minimum atomic E-state index is -0.678. The first-order valence-corrected chi connectivity index (χ1v) is 5.66. The normalized spacial score (nSPS) is 38.2. The Labute approximate surface area is 85.1 Å².